The molecule has 0 fully saturated rings. The van der Waals surface area contributed by atoms with Crippen molar-refractivity contribution in [1.29, 1.82) is 5.26 Å². The van der Waals surface area contributed by atoms with E-state index in [1.54, 1.807) is 12.1 Å². The first-order valence-corrected chi connectivity index (χ1v) is 6.07. The number of nitrogens with zero attached hydrogens (tertiary/aromatic N) is 2. The zero-order chi connectivity index (χ0) is 15.4. The first-order chi connectivity index (χ1) is 10.0. The Kier molecular flexibility index (Phi) is 4.26. The number of aromatic nitrogens is 1. The highest BCUT2D eigenvalue weighted by Gasteiger charge is 2.10. The average Bonchev–Trinajstić information content (AvgIpc) is 2.46. The molecule has 0 bridgehead atoms. The van der Waals surface area contributed by atoms with Crippen LogP contribution in [0.5, 0.6) is 17.4 Å². The fourth-order valence-corrected chi connectivity index (χ4v) is 1.78. The van der Waals surface area contributed by atoms with Crippen LogP contribution in [-0.4, -0.2) is 23.2 Å². The Balaban J connectivity index is 2.38. The number of ether oxygens (including phenoxy) is 2. The highest BCUT2D eigenvalue weighted by atomic mass is 35.5. The number of rotatable bonds is 4. The van der Waals surface area contributed by atoms with Crippen molar-refractivity contribution in [3.8, 4) is 23.4 Å². The van der Waals surface area contributed by atoms with Crippen molar-refractivity contribution in [1.82, 2.24) is 4.98 Å². The molecule has 1 N–H and O–H groups in total. The van der Waals surface area contributed by atoms with Crippen LogP contribution in [0.1, 0.15) is 15.9 Å². The van der Waals surface area contributed by atoms with Crippen molar-refractivity contribution >= 4 is 17.6 Å². The molecule has 0 aliphatic heterocycles. The number of carboxylic acid groups (broad SMARTS) is 1. The van der Waals surface area contributed by atoms with Crippen LogP contribution in [0.15, 0.2) is 30.3 Å². The van der Waals surface area contributed by atoms with Crippen molar-refractivity contribution in [3.05, 3.63) is 46.6 Å². The average molecular weight is 305 g/mol. The van der Waals surface area contributed by atoms with Gasteiger partial charge in [0.25, 0.3) is 0 Å². The van der Waals surface area contributed by atoms with E-state index >= 15 is 0 Å². The molecule has 0 saturated carbocycles. The molecule has 1 aromatic carbocycles. The van der Waals surface area contributed by atoms with E-state index in [2.05, 4.69) is 4.98 Å². The molecule has 2 aromatic rings. The van der Waals surface area contributed by atoms with Gasteiger partial charge in [-0.05, 0) is 18.2 Å². The number of methoxy groups -OCH3 is 1. The maximum Gasteiger partial charge on any atom is 0.335 e. The molecule has 0 aliphatic carbocycles. The number of aromatic carboxylic acids is 1. The van der Waals surface area contributed by atoms with Crippen LogP contribution in [0.4, 0.5) is 0 Å². The van der Waals surface area contributed by atoms with E-state index in [1.807, 2.05) is 6.07 Å². The van der Waals surface area contributed by atoms with Gasteiger partial charge in [-0.2, -0.15) is 5.26 Å². The normalized spacial score (nSPS) is 9.76. The summed E-state index contributed by atoms with van der Waals surface area (Å²) in [5.41, 5.74) is 0.290. The minimum absolute atomic E-state index is 0.00620. The lowest BCUT2D eigenvalue weighted by Gasteiger charge is -2.08. The second-order valence-corrected chi connectivity index (χ2v) is 4.32. The lowest BCUT2D eigenvalue weighted by atomic mass is 10.2. The zero-order valence-electron chi connectivity index (χ0n) is 10.8. The van der Waals surface area contributed by atoms with Gasteiger partial charge in [0, 0.05) is 12.1 Å². The molecule has 7 heteroatoms. The van der Waals surface area contributed by atoms with Gasteiger partial charge >= 0.3 is 5.97 Å². The van der Waals surface area contributed by atoms with E-state index in [0.717, 1.165) is 0 Å². The molecule has 0 aliphatic rings. The molecule has 1 heterocycles. The summed E-state index contributed by atoms with van der Waals surface area (Å²) in [5.74, 6) is -0.411. The lowest BCUT2D eigenvalue weighted by molar-refractivity contribution is 0.0696. The molecule has 106 valence electrons. The fraction of sp³-hybridized carbons (Fsp3) is 0.0714. The van der Waals surface area contributed by atoms with Gasteiger partial charge in [0.15, 0.2) is 0 Å². The van der Waals surface area contributed by atoms with Crippen LogP contribution in [0.25, 0.3) is 0 Å². The largest absolute Gasteiger partial charge is 0.497 e. The van der Waals surface area contributed by atoms with Crippen molar-refractivity contribution in [2.24, 2.45) is 0 Å². The molecule has 0 radical (unpaired) electrons. The van der Waals surface area contributed by atoms with E-state index in [-0.39, 0.29) is 22.3 Å². The Bertz CT molecular complexity index is 740. The molecule has 0 atom stereocenters. The second kappa shape index (κ2) is 6.11. The van der Waals surface area contributed by atoms with E-state index in [4.69, 9.17) is 31.4 Å². The smallest absolute Gasteiger partial charge is 0.335 e. The summed E-state index contributed by atoms with van der Waals surface area (Å²) < 4.78 is 10.5. The number of hydrogen-bond donors (Lipinski definition) is 1. The summed E-state index contributed by atoms with van der Waals surface area (Å²) in [7, 11) is 1.46. The highest BCUT2D eigenvalue weighted by molar-refractivity contribution is 6.29. The topological polar surface area (TPSA) is 92.4 Å². The molecule has 21 heavy (non-hydrogen) atoms. The number of benzene rings is 1. The minimum atomic E-state index is -1.15. The SMILES string of the molecule is COc1cc(C#N)cc(Oc2cc(C(=O)O)cc(Cl)n2)c1. The summed E-state index contributed by atoms with van der Waals surface area (Å²) >= 11 is 5.75. The van der Waals surface area contributed by atoms with Crippen LogP contribution in [0.2, 0.25) is 5.15 Å². The number of carbonyl (C=O) groups is 1. The molecular weight excluding hydrogens is 296 g/mol. The van der Waals surface area contributed by atoms with Gasteiger partial charge < -0.3 is 14.6 Å². The fourth-order valence-electron chi connectivity index (χ4n) is 1.58. The number of carboxylic acids is 1. The molecule has 2 rings (SSSR count). The van der Waals surface area contributed by atoms with Gasteiger partial charge in [0.1, 0.15) is 16.7 Å². The summed E-state index contributed by atoms with van der Waals surface area (Å²) in [5, 5.41) is 17.9. The minimum Gasteiger partial charge on any atom is -0.497 e. The van der Waals surface area contributed by atoms with E-state index in [9.17, 15) is 4.79 Å². The maximum atomic E-state index is 11.0. The summed E-state index contributed by atoms with van der Waals surface area (Å²) in [6, 6.07) is 8.98. The Labute approximate surface area is 125 Å². The van der Waals surface area contributed by atoms with Gasteiger partial charge in [-0.25, -0.2) is 9.78 Å². The number of pyridine rings is 1. The van der Waals surface area contributed by atoms with Crippen molar-refractivity contribution in [2.75, 3.05) is 7.11 Å². The quantitative estimate of drug-likeness (QED) is 0.872. The van der Waals surface area contributed by atoms with Gasteiger partial charge in [-0.15, -0.1) is 0 Å². The Morgan fingerprint density at radius 1 is 1.29 bits per heavy atom. The van der Waals surface area contributed by atoms with Crippen LogP contribution in [-0.2, 0) is 0 Å². The second-order valence-electron chi connectivity index (χ2n) is 3.93. The Hall–Kier alpha value is -2.78. The van der Waals surface area contributed by atoms with Gasteiger partial charge in [-0.3, -0.25) is 0 Å². The van der Waals surface area contributed by atoms with Gasteiger partial charge in [-0.1, -0.05) is 11.6 Å². The number of halogens is 1. The molecule has 6 nitrogen and oxygen atoms in total. The number of nitriles is 1. The van der Waals surface area contributed by atoms with Gasteiger partial charge in [0.2, 0.25) is 5.88 Å². The van der Waals surface area contributed by atoms with Gasteiger partial charge in [0.05, 0.1) is 24.3 Å². The standard InChI is InChI=1S/C14H9ClN2O4/c1-20-10-2-8(7-16)3-11(6-10)21-13-5-9(14(18)19)4-12(15)17-13/h2-6H,1H3,(H,18,19). The van der Waals surface area contributed by atoms with E-state index in [0.29, 0.717) is 11.3 Å². The molecule has 0 amide bonds. The first kappa shape index (κ1) is 14.6. The summed E-state index contributed by atoms with van der Waals surface area (Å²) in [6.07, 6.45) is 0. The molecule has 0 unspecified atom stereocenters. The third-order valence-corrected chi connectivity index (χ3v) is 2.68. The third kappa shape index (κ3) is 3.61. The first-order valence-electron chi connectivity index (χ1n) is 5.69. The van der Waals surface area contributed by atoms with E-state index < -0.39 is 5.97 Å². The van der Waals surface area contributed by atoms with Crippen LogP contribution < -0.4 is 9.47 Å². The molecule has 0 spiro atoms. The molecule has 1 aromatic heterocycles. The number of hydrogen-bond acceptors (Lipinski definition) is 5. The summed E-state index contributed by atoms with van der Waals surface area (Å²) in [4.78, 5) is 14.8. The van der Waals surface area contributed by atoms with Crippen molar-refractivity contribution in [3.63, 3.8) is 0 Å². The van der Waals surface area contributed by atoms with Crippen LogP contribution >= 0.6 is 11.6 Å². The zero-order valence-corrected chi connectivity index (χ0v) is 11.6. The van der Waals surface area contributed by atoms with Crippen molar-refractivity contribution in [2.45, 2.75) is 0 Å². The van der Waals surface area contributed by atoms with Crippen molar-refractivity contribution < 1.29 is 19.4 Å². The highest BCUT2D eigenvalue weighted by Crippen LogP contribution is 2.27. The maximum absolute atomic E-state index is 11.0. The van der Waals surface area contributed by atoms with Crippen LogP contribution in [0.3, 0.4) is 0 Å². The van der Waals surface area contributed by atoms with E-state index in [1.165, 1.54) is 25.3 Å². The van der Waals surface area contributed by atoms with Crippen LogP contribution in [0, 0.1) is 11.3 Å². The molecular formula is C14H9ClN2O4. The molecule has 0 saturated heterocycles. The Morgan fingerprint density at radius 3 is 2.62 bits per heavy atom. The monoisotopic (exact) mass is 304 g/mol. The Morgan fingerprint density at radius 2 is 2.00 bits per heavy atom. The third-order valence-electron chi connectivity index (χ3n) is 2.48. The lowest BCUT2D eigenvalue weighted by Crippen LogP contribution is -1.99. The summed E-state index contributed by atoms with van der Waals surface area (Å²) in [6.45, 7) is 0. The predicted octanol–water partition coefficient (Wildman–Crippen LogP) is 3.11. The predicted molar refractivity (Wildman–Crippen MR) is 74.0 cm³/mol.